The number of hydrogen-bond donors (Lipinski definition) is 2. The number of nitrogens with zero attached hydrogens (tertiary/aromatic N) is 2. The number of amidine groups is 1. The number of aldehydes is 1. The van der Waals surface area contributed by atoms with E-state index in [1.807, 2.05) is 6.92 Å². The summed E-state index contributed by atoms with van der Waals surface area (Å²) < 4.78 is 0. The molecule has 23 heavy (non-hydrogen) atoms. The van der Waals surface area contributed by atoms with E-state index in [-0.39, 0.29) is 18.9 Å². The van der Waals surface area contributed by atoms with Crippen LogP contribution in [-0.2, 0) is 4.79 Å². The number of rotatable bonds is 7. The van der Waals surface area contributed by atoms with E-state index in [4.69, 9.17) is 5.73 Å². The third kappa shape index (κ3) is 4.81. The number of nitrogens with two attached hydrogens (primary N) is 1. The third-order valence-electron chi connectivity index (χ3n) is 3.10. The van der Waals surface area contributed by atoms with Gasteiger partial charge in [0.1, 0.15) is 12.1 Å². The maximum atomic E-state index is 12.7. The smallest absolute Gasteiger partial charge is 0.259 e. The van der Waals surface area contributed by atoms with Crippen molar-refractivity contribution >= 4 is 29.4 Å². The predicted octanol–water partition coefficient (Wildman–Crippen LogP) is 2.46. The number of nitrogens with one attached hydrogen (secondary N) is 1. The van der Waals surface area contributed by atoms with Gasteiger partial charge in [0, 0.05) is 31.8 Å². The molecule has 0 aliphatic heterocycles. The lowest BCUT2D eigenvalue weighted by molar-refractivity contribution is -0.107. The van der Waals surface area contributed by atoms with Gasteiger partial charge in [-0.2, -0.15) is 0 Å². The first kappa shape index (κ1) is 18.2. The van der Waals surface area contributed by atoms with Crippen LogP contribution in [0.25, 0.3) is 0 Å². The lowest BCUT2D eigenvalue weighted by atomic mass is 10.1. The molecule has 6 heteroatoms. The van der Waals surface area contributed by atoms with Crippen molar-refractivity contribution in [1.82, 2.24) is 4.90 Å². The fraction of sp³-hybridized carbons (Fsp3) is 0.235. The van der Waals surface area contributed by atoms with Crippen LogP contribution >= 0.6 is 0 Å². The third-order valence-corrected chi connectivity index (χ3v) is 3.10. The van der Waals surface area contributed by atoms with Crippen LogP contribution in [0.3, 0.4) is 0 Å². The van der Waals surface area contributed by atoms with E-state index < -0.39 is 0 Å². The first-order chi connectivity index (χ1) is 11.1. The standard InChI is InChI=1S/C17H22N4O2/c1-4-9-20-16(5-2)21(10-6-11-22)17(23)13-7-8-15(19-3)14(18)12-13/h4-5,7-9,11-12,19H,2,6,10,18H2,1,3H3/b9-4-,20-16?. The Bertz CT molecular complexity index is 635. The molecule has 1 aromatic carbocycles. The molecule has 1 rings (SSSR count). The molecule has 1 aromatic rings. The molecule has 0 bridgehead atoms. The van der Waals surface area contributed by atoms with Crippen molar-refractivity contribution in [3.63, 3.8) is 0 Å². The number of benzene rings is 1. The molecule has 0 unspecified atom stereocenters. The Kier molecular flexibility index (Phi) is 7.26. The van der Waals surface area contributed by atoms with Gasteiger partial charge in [-0.15, -0.1) is 0 Å². The first-order valence-corrected chi connectivity index (χ1v) is 7.23. The second kappa shape index (κ2) is 9.19. The second-order valence-electron chi connectivity index (χ2n) is 4.64. The second-order valence-corrected chi connectivity index (χ2v) is 4.64. The lowest BCUT2D eigenvalue weighted by Crippen LogP contribution is -2.36. The molecule has 1 amide bonds. The molecule has 0 aromatic heterocycles. The van der Waals surface area contributed by atoms with Gasteiger partial charge in [-0.3, -0.25) is 9.69 Å². The fourth-order valence-electron chi connectivity index (χ4n) is 1.96. The van der Waals surface area contributed by atoms with E-state index >= 15 is 0 Å². The average molecular weight is 314 g/mol. The van der Waals surface area contributed by atoms with Gasteiger partial charge >= 0.3 is 0 Å². The van der Waals surface area contributed by atoms with Crippen LogP contribution in [0.4, 0.5) is 11.4 Å². The summed E-state index contributed by atoms with van der Waals surface area (Å²) in [6, 6.07) is 5.00. The zero-order chi connectivity index (χ0) is 17.2. The number of carbonyl (C=O) groups is 2. The molecule has 0 aliphatic rings. The largest absolute Gasteiger partial charge is 0.397 e. The molecule has 0 spiro atoms. The summed E-state index contributed by atoms with van der Waals surface area (Å²) in [5.74, 6) is 0.0931. The average Bonchev–Trinajstić information content (AvgIpc) is 2.57. The lowest BCUT2D eigenvalue weighted by Gasteiger charge is -2.22. The van der Waals surface area contributed by atoms with Crippen LogP contribution in [0, 0.1) is 0 Å². The van der Waals surface area contributed by atoms with Crippen LogP contribution < -0.4 is 11.1 Å². The van der Waals surface area contributed by atoms with Gasteiger partial charge in [0.05, 0.1) is 11.4 Å². The minimum atomic E-state index is -0.288. The van der Waals surface area contributed by atoms with E-state index in [1.165, 1.54) is 11.0 Å². The van der Waals surface area contributed by atoms with Crippen molar-refractivity contribution in [2.24, 2.45) is 4.99 Å². The van der Waals surface area contributed by atoms with Crippen molar-refractivity contribution < 1.29 is 9.59 Å². The maximum Gasteiger partial charge on any atom is 0.259 e. The number of aliphatic imine (C=N–C) groups is 1. The highest BCUT2D eigenvalue weighted by atomic mass is 16.2. The number of amides is 1. The van der Waals surface area contributed by atoms with Gasteiger partial charge in [-0.25, -0.2) is 4.99 Å². The van der Waals surface area contributed by atoms with Crippen molar-refractivity contribution in [1.29, 1.82) is 0 Å². The summed E-state index contributed by atoms with van der Waals surface area (Å²) in [7, 11) is 1.75. The molecular weight excluding hydrogens is 292 g/mol. The van der Waals surface area contributed by atoms with Gasteiger partial charge in [-0.1, -0.05) is 12.7 Å². The number of hydrogen-bond acceptors (Lipinski definition) is 5. The van der Waals surface area contributed by atoms with Crippen molar-refractivity contribution in [2.45, 2.75) is 13.3 Å². The van der Waals surface area contributed by atoms with Crippen molar-refractivity contribution in [3.8, 4) is 0 Å². The highest BCUT2D eigenvalue weighted by Crippen LogP contribution is 2.20. The monoisotopic (exact) mass is 314 g/mol. The van der Waals surface area contributed by atoms with Crippen molar-refractivity contribution in [3.05, 3.63) is 48.7 Å². The Balaban J connectivity index is 3.19. The molecule has 0 aliphatic carbocycles. The van der Waals surface area contributed by atoms with Crippen LogP contribution in [0.1, 0.15) is 23.7 Å². The quantitative estimate of drug-likeness (QED) is 0.350. The van der Waals surface area contributed by atoms with E-state index in [9.17, 15) is 9.59 Å². The van der Waals surface area contributed by atoms with Crippen LogP contribution in [0.5, 0.6) is 0 Å². The summed E-state index contributed by atoms with van der Waals surface area (Å²) >= 11 is 0. The minimum Gasteiger partial charge on any atom is -0.397 e. The number of carbonyl (C=O) groups excluding carboxylic acids is 2. The van der Waals surface area contributed by atoms with E-state index in [0.717, 1.165) is 12.0 Å². The summed E-state index contributed by atoms with van der Waals surface area (Å²) in [6.07, 6.45) is 5.75. The molecule has 0 heterocycles. The van der Waals surface area contributed by atoms with E-state index in [0.29, 0.717) is 17.1 Å². The van der Waals surface area contributed by atoms with Crippen molar-refractivity contribution in [2.75, 3.05) is 24.6 Å². The van der Waals surface area contributed by atoms with E-state index in [2.05, 4.69) is 16.9 Å². The molecule has 0 fully saturated rings. The van der Waals surface area contributed by atoms with Crippen LogP contribution in [0.15, 0.2) is 48.1 Å². The van der Waals surface area contributed by atoms with Gasteiger partial charge < -0.3 is 15.8 Å². The number of allylic oxidation sites excluding steroid dienone is 1. The number of anilines is 2. The van der Waals surface area contributed by atoms with Crippen LogP contribution in [0.2, 0.25) is 0 Å². The molecule has 3 N–H and O–H groups in total. The van der Waals surface area contributed by atoms with Gasteiger partial charge in [0.15, 0.2) is 0 Å². The normalized spacial score (nSPS) is 11.3. The Morgan fingerprint density at radius 2 is 2.22 bits per heavy atom. The summed E-state index contributed by atoms with van der Waals surface area (Å²) in [5.41, 5.74) is 7.54. The van der Waals surface area contributed by atoms with E-state index in [1.54, 1.807) is 37.5 Å². The predicted molar refractivity (Wildman–Crippen MR) is 94.6 cm³/mol. The highest BCUT2D eigenvalue weighted by Gasteiger charge is 2.19. The van der Waals surface area contributed by atoms with Gasteiger partial charge in [0.25, 0.3) is 5.91 Å². The molecular formula is C17H22N4O2. The zero-order valence-corrected chi connectivity index (χ0v) is 13.5. The minimum absolute atomic E-state index is 0.207. The maximum absolute atomic E-state index is 12.7. The molecule has 0 radical (unpaired) electrons. The van der Waals surface area contributed by atoms with Gasteiger partial charge in [-0.05, 0) is 31.2 Å². The fourth-order valence-corrected chi connectivity index (χ4v) is 1.96. The van der Waals surface area contributed by atoms with Crippen LogP contribution in [-0.4, -0.2) is 36.5 Å². The molecule has 6 nitrogen and oxygen atoms in total. The highest BCUT2D eigenvalue weighted by molar-refractivity contribution is 6.10. The Morgan fingerprint density at radius 1 is 1.48 bits per heavy atom. The first-order valence-electron chi connectivity index (χ1n) is 7.23. The summed E-state index contributed by atoms with van der Waals surface area (Å²) in [6.45, 7) is 5.72. The Morgan fingerprint density at radius 3 is 2.74 bits per heavy atom. The molecule has 122 valence electrons. The molecule has 0 saturated heterocycles. The molecule has 0 saturated carbocycles. The SMILES string of the molecule is C=CC(=N/C=C\C)N(CCC=O)C(=O)c1ccc(NC)c(N)c1. The molecule has 0 atom stereocenters. The summed E-state index contributed by atoms with van der Waals surface area (Å²) in [4.78, 5) is 29.0. The number of nitrogen functional groups attached to an aromatic ring is 1. The Labute approximate surface area is 136 Å². The van der Waals surface area contributed by atoms with Gasteiger partial charge in [0.2, 0.25) is 0 Å². The topological polar surface area (TPSA) is 87.8 Å². The summed E-state index contributed by atoms with van der Waals surface area (Å²) in [5, 5.41) is 2.94. The Hall–Kier alpha value is -2.89. The zero-order valence-electron chi connectivity index (χ0n) is 13.5.